The van der Waals surface area contributed by atoms with Gasteiger partial charge in [-0.2, -0.15) is 0 Å². The number of piperidine rings is 1. The van der Waals surface area contributed by atoms with E-state index in [1.807, 2.05) is 0 Å². The van der Waals surface area contributed by atoms with E-state index < -0.39 is 0 Å². The zero-order valence-electron chi connectivity index (χ0n) is 11.0. The number of hydrogen-bond acceptors (Lipinski definition) is 3. The highest BCUT2D eigenvalue weighted by atomic mass is 16.3. The lowest BCUT2D eigenvalue weighted by Crippen LogP contribution is -2.47. The SMILES string of the molecule is CCc1ccc(CN2CCCC(C)C2CN)o1. The molecule has 3 nitrogen and oxygen atoms in total. The van der Waals surface area contributed by atoms with Gasteiger partial charge in [0.15, 0.2) is 0 Å². The van der Waals surface area contributed by atoms with E-state index in [1.165, 1.54) is 12.8 Å². The third-order valence-electron chi connectivity index (χ3n) is 3.90. The van der Waals surface area contributed by atoms with Crippen LogP contribution < -0.4 is 5.73 Å². The van der Waals surface area contributed by atoms with Crippen molar-refractivity contribution in [3.8, 4) is 0 Å². The Kier molecular flexibility index (Phi) is 4.24. The van der Waals surface area contributed by atoms with Crippen LogP contribution in [0, 0.1) is 5.92 Å². The molecule has 2 N–H and O–H groups in total. The quantitative estimate of drug-likeness (QED) is 0.873. The number of likely N-dealkylation sites (tertiary alicyclic amines) is 1. The molecule has 1 aliphatic heterocycles. The van der Waals surface area contributed by atoms with Gasteiger partial charge in [-0.15, -0.1) is 0 Å². The number of furan rings is 1. The molecule has 1 aromatic rings. The normalized spacial score (nSPS) is 26.3. The number of rotatable bonds is 4. The average Bonchev–Trinajstić information content (AvgIpc) is 2.77. The van der Waals surface area contributed by atoms with E-state index in [-0.39, 0.29) is 0 Å². The summed E-state index contributed by atoms with van der Waals surface area (Å²) in [5, 5.41) is 0. The highest BCUT2D eigenvalue weighted by molar-refractivity contribution is 5.07. The molecule has 17 heavy (non-hydrogen) atoms. The molecule has 3 heteroatoms. The minimum atomic E-state index is 0.513. The molecule has 0 aromatic carbocycles. The van der Waals surface area contributed by atoms with Gasteiger partial charge < -0.3 is 10.2 Å². The fourth-order valence-electron chi connectivity index (χ4n) is 2.81. The third kappa shape index (κ3) is 2.90. The molecule has 0 bridgehead atoms. The van der Waals surface area contributed by atoms with Crippen molar-refractivity contribution in [2.75, 3.05) is 13.1 Å². The van der Waals surface area contributed by atoms with Crippen LogP contribution >= 0.6 is 0 Å². The van der Waals surface area contributed by atoms with E-state index >= 15 is 0 Å². The van der Waals surface area contributed by atoms with Crippen LogP contribution in [0.25, 0.3) is 0 Å². The van der Waals surface area contributed by atoms with Gasteiger partial charge in [-0.1, -0.05) is 13.8 Å². The zero-order valence-corrected chi connectivity index (χ0v) is 11.0. The van der Waals surface area contributed by atoms with Gasteiger partial charge in [0, 0.05) is 19.0 Å². The van der Waals surface area contributed by atoms with Crippen molar-refractivity contribution in [3.05, 3.63) is 23.7 Å². The summed E-state index contributed by atoms with van der Waals surface area (Å²) in [7, 11) is 0. The molecule has 1 saturated heterocycles. The number of hydrogen-bond donors (Lipinski definition) is 1. The maximum Gasteiger partial charge on any atom is 0.118 e. The first-order chi connectivity index (χ1) is 8.24. The Morgan fingerprint density at radius 2 is 2.18 bits per heavy atom. The molecule has 1 fully saturated rings. The molecule has 1 aliphatic rings. The predicted octanol–water partition coefficient (Wildman–Crippen LogP) is 2.40. The largest absolute Gasteiger partial charge is 0.465 e. The second-order valence-electron chi connectivity index (χ2n) is 5.11. The van der Waals surface area contributed by atoms with Crippen LogP contribution in [0.1, 0.15) is 38.2 Å². The summed E-state index contributed by atoms with van der Waals surface area (Å²) in [5.74, 6) is 2.86. The van der Waals surface area contributed by atoms with Crippen LogP contribution in [0.2, 0.25) is 0 Å². The van der Waals surface area contributed by atoms with Crippen LogP contribution in [0.5, 0.6) is 0 Å². The van der Waals surface area contributed by atoms with Crippen LogP contribution in [-0.4, -0.2) is 24.0 Å². The van der Waals surface area contributed by atoms with Gasteiger partial charge in [0.1, 0.15) is 11.5 Å². The van der Waals surface area contributed by atoms with Gasteiger partial charge in [-0.3, -0.25) is 4.90 Å². The molecule has 0 radical (unpaired) electrons. The highest BCUT2D eigenvalue weighted by Crippen LogP contribution is 2.24. The van der Waals surface area contributed by atoms with Crippen molar-refractivity contribution >= 4 is 0 Å². The summed E-state index contributed by atoms with van der Waals surface area (Å²) < 4.78 is 5.78. The maximum atomic E-state index is 5.90. The van der Waals surface area contributed by atoms with Crippen LogP contribution in [0.15, 0.2) is 16.5 Å². The van der Waals surface area contributed by atoms with Crippen LogP contribution in [0.4, 0.5) is 0 Å². The molecule has 2 unspecified atom stereocenters. The third-order valence-corrected chi connectivity index (χ3v) is 3.90. The van der Waals surface area contributed by atoms with E-state index in [0.717, 1.165) is 37.6 Å². The van der Waals surface area contributed by atoms with Crippen molar-refractivity contribution in [2.24, 2.45) is 11.7 Å². The number of nitrogens with two attached hydrogens (primary N) is 1. The Morgan fingerprint density at radius 1 is 1.41 bits per heavy atom. The molecule has 96 valence electrons. The van der Waals surface area contributed by atoms with Gasteiger partial charge in [0.05, 0.1) is 6.54 Å². The number of nitrogens with zero attached hydrogens (tertiary/aromatic N) is 1. The maximum absolute atomic E-state index is 5.90. The van der Waals surface area contributed by atoms with Crippen LogP contribution in [-0.2, 0) is 13.0 Å². The molecule has 0 aliphatic carbocycles. The van der Waals surface area contributed by atoms with Gasteiger partial charge >= 0.3 is 0 Å². The van der Waals surface area contributed by atoms with E-state index in [1.54, 1.807) is 0 Å². The Bertz CT molecular complexity index is 348. The van der Waals surface area contributed by atoms with Gasteiger partial charge in [-0.25, -0.2) is 0 Å². The molecule has 0 saturated carbocycles. The summed E-state index contributed by atoms with van der Waals surface area (Å²) in [6.07, 6.45) is 3.55. The van der Waals surface area contributed by atoms with Crippen molar-refractivity contribution in [2.45, 2.75) is 45.7 Å². The molecule has 2 atom stereocenters. The van der Waals surface area contributed by atoms with Gasteiger partial charge in [-0.05, 0) is 37.4 Å². The molecular formula is C14H24N2O. The van der Waals surface area contributed by atoms with Gasteiger partial charge in [0.2, 0.25) is 0 Å². The second kappa shape index (κ2) is 5.69. The topological polar surface area (TPSA) is 42.4 Å². The first-order valence-corrected chi connectivity index (χ1v) is 6.76. The Labute approximate surface area is 104 Å². The Balaban J connectivity index is 2.00. The predicted molar refractivity (Wildman–Crippen MR) is 69.7 cm³/mol. The van der Waals surface area contributed by atoms with Crippen molar-refractivity contribution in [3.63, 3.8) is 0 Å². The fourth-order valence-corrected chi connectivity index (χ4v) is 2.81. The van der Waals surface area contributed by atoms with E-state index in [2.05, 4.69) is 30.9 Å². The highest BCUT2D eigenvalue weighted by Gasteiger charge is 2.27. The van der Waals surface area contributed by atoms with Crippen molar-refractivity contribution in [1.29, 1.82) is 0 Å². The average molecular weight is 236 g/mol. The first-order valence-electron chi connectivity index (χ1n) is 6.76. The minimum Gasteiger partial charge on any atom is -0.465 e. The molecule has 0 amide bonds. The standard InChI is InChI=1S/C14H24N2O/c1-3-12-6-7-13(17-12)10-16-8-4-5-11(2)14(16)9-15/h6-7,11,14H,3-5,8-10,15H2,1-2H3. The summed E-state index contributed by atoms with van der Waals surface area (Å²) in [4.78, 5) is 2.48. The fraction of sp³-hybridized carbons (Fsp3) is 0.714. The molecule has 1 aromatic heterocycles. The monoisotopic (exact) mass is 236 g/mol. The van der Waals surface area contributed by atoms with Gasteiger partial charge in [0.25, 0.3) is 0 Å². The molecular weight excluding hydrogens is 212 g/mol. The zero-order chi connectivity index (χ0) is 12.3. The Hall–Kier alpha value is -0.800. The Morgan fingerprint density at radius 3 is 2.82 bits per heavy atom. The van der Waals surface area contributed by atoms with E-state index in [9.17, 15) is 0 Å². The smallest absolute Gasteiger partial charge is 0.118 e. The molecule has 2 rings (SSSR count). The number of aryl methyl sites for hydroxylation is 1. The lowest BCUT2D eigenvalue weighted by atomic mass is 9.91. The van der Waals surface area contributed by atoms with Crippen molar-refractivity contribution in [1.82, 2.24) is 4.90 Å². The lowest BCUT2D eigenvalue weighted by Gasteiger charge is -2.38. The summed E-state index contributed by atoms with van der Waals surface area (Å²) in [5.41, 5.74) is 5.90. The summed E-state index contributed by atoms with van der Waals surface area (Å²) in [6, 6.07) is 4.70. The molecule has 0 spiro atoms. The lowest BCUT2D eigenvalue weighted by molar-refractivity contribution is 0.0913. The van der Waals surface area contributed by atoms with Crippen LogP contribution in [0.3, 0.4) is 0 Å². The second-order valence-corrected chi connectivity index (χ2v) is 5.11. The minimum absolute atomic E-state index is 0.513. The first kappa shape index (κ1) is 12.7. The summed E-state index contributed by atoms with van der Waals surface area (Å²) in [6.45, 7) is 7.24. The van der Waals surface area contributed by atoms with Crippen molar-refractivity contribution < 1.29 is 4.42 Å². The van der Waals surface area contributed by atoms with E-state index in [4.69, 9.17) is 10.2 Å². The summed E-state index contributed by atoms with van der Waals surface area (Å²) >= 11 is 0. The van der Waals surface area contributed by atoms with E-state index in [0.29, 0.717) is 12.0 Å². The molecule has 2 heterocycles.